The van der Waals surface area contributed by atoms with E-state index in [9.17, 15) is 18.0 Å². The van der Waals surface area contributed by atoms with Gasteiger partial charge in [0.2, 0.25) is 0 Å². The molecule has 2 aliphatic rings. The average molecular weight is 549 g/mol. The van der Waals surface area contributed by atoms with E-state index in [1.807, 2.05) is 24.3 Å². The van der Waals surface area contributed by atoms with E-state index in [2.05, 4.69) is 15.2 Å². The highest BCUT2D eigenvalue weighted by Crippen LogP contribution is 2.41. The summed E-state index contributed by atoms with van der Waals surface area (Å²) in [6, 6.07) is 13.8. The molecule has 4 heterocycles. The van der Waals surface area contributed by atoms with Gasteiger partial charge in [-0.15, -0.1) is 0 Å². The second kappa shape index (κ2) is 10.3. The molecule has 6 rings (SSSR count). The van der Waals surface area contributed by atoms with Crippen LogP contribution in [0, 0.1) is 0 Å². The van der Waals surface area contributed by atoms with Crippen LogP contribution in [0.4, 0.5) is 35.2 Å². The quantitative estimate of drug-likeness (QED) is 0.309. The zero-order valence-electron chi connectivity index (χ0n) is 21.5. The standard InChI is InChI=1S/C29H27F3N6O2/c30-29(31,32)21-5-1-4-19(13-21)24-6-7-25-27(36-24)38(23-8-10-37(25)16-23)28(39)35-22-12-18(3-2-9-33)11-20(14-22)26-15-34-17-40-26/h1,4-7,11-15,17,23H,2-3,8-10,16,33H2,(H,35,39)/t23-/m0/s1. The summed E-state index contributed by atoms with van der Waals surface area (Å²) in [5, 5.41) is 3.03. The SMILES string of the molecule is NCCCc1cc(NC(=O)N2c3nc(-c4cccc(C(F)(F)F)c4)ccc3N3CC[C@H]2C3)cc(-c2cnco2)c1. The Bertz CT molecular complexity index is 1540. The van der Waals surface area contributed by atoms with Crippen molar-refractivity contribution < 1.29 is 22.4 Å². The lowest BCUT2D eigenvalue weighted by Gasteiger charge is -2.36. The Morgan fingerprint density at radius 2 is 2.00 bits per heavy atom. The number of carbonyl (C=O) groups is 1. The molecule has 2 aliphatic heterocycles. The van der Waals surface area contributed by atoms with Crippen LogP contribution in [0.25, 0.3) is 22.6 Å². The molecule has 8 nitrogen and oxygen atoms in total. The third-order valence-corrected chi connectivity index (χ3v) is 7.29. The molecule has 0 spiro atoms. The summed E-state index contributed by atoms with van der Waals surface area (Å²) in [5.41, 5.74) is 8.79. The van der Waals surface area contributed by atoms with E-state index in [1.54, 1.807) is 23.2 Å². The summed E-state index contributed by atoms with van der Waals surface area (Å²) in [7, 11) is 0. The van der Waals surface area contributed by atoms with Gasteiger partial charge in [-0.05, 0) is 73.8 Å². The van der Waals surface area contributed by atoms with Crippen LogP contribution in [0.15, 0.2) is 71.6 Å². The molecular formula is C29H27F3N6O2. The number of carbonyl (C=O) groups excluding carboxylic acids is 1. The van der Waals surface area contributed by atoms with Crippen LogP contribution in [0.2, 0.25) is 0 Å². The Hall–Kier alpha value is -4.38. The number of nitrogens with one attached hydrogen (secondary N) is 1. The van der Waals surface area contributed by atoms with Gasteiger partial charge in [-0.3, -0.25) is 4.90 Å². The molecule has 0 radical (unpaired) electrons. The molecule has 0 aliphatic carbocycles. The van der Waals surface area contributed by atoms with E-state index < -0.39 is 11.7 Å². The number of halogens is 3. The van der Waals surface area contributed by atoms with Crippen LogP contribution in [0.1, 0.15) is 24.0 Å². The number of hydrogen-bond acceptors (Lipinski definition) is 6. The maximum atomic E-state index is 13.8. The molecule has 1 atom stereocenters. The van der Waals surface area contributed by atoms with E-state index in [1.165, 1.54) is 12.5 Å². The highest BCUT2D eigenvalue weighted by atomic mass is 19.4. The number of pyridine rings is 1. The zero-order chi connectivity index (χ0) is 27.9. The van der Waals surface area contributed by atoms with Crippen molar-refractivity contribution in [2.75, 3.05) is 34.8 Å². The molecule has 206 valence electrons. The molecule has 0 saturated carbocycles. The smallest absolute Gasteiger partial charge is 0.416 e. The molecule has 2 aromatic carbocycles. The molecule has 2 bridgehead atoms. The molecule has 11 heteroatoms. The topological polar surface area (TPSA) is 101 Å². The maximum Gasteiger partial charge on any atom is 0.416 e. The minimum absolute atomic E-state index is 0.120. The fourth-order valence-corrected chi connectivity index (χ4v) is 5.39. The molecule has 40 heavy (non-hydrogen) atoms. The number of alkyl halides is 3. The van der Waals surface area contributed by atoms with Crippen LogP contribution < -0.4 is 20.9 Å². The minimum atomic E-state index is -4.47. The van der Waals surface area contributed by atoms with Crippen LogP contribution >= 0.6 is 0 Å². The van der Waals surface area contributed by atoms with E-state index >= 15 is 0 Å². The Kier molecular flexibility index (Phi) is 6.67. The highest BCUT2D eigenvalue weighted by Gasteiger charge is 2.40. The van der Waals surface area contributed by atoms with Gasteiger partial charge < -0.3 is 20.4 Å². The normalized spacial score (nSPS) is 16.2. The predicted octanol–water partition coefficient (Wildman–Crippen LogP) is 5.94. The van der Waals surface area contributed by atoms with Gasteiger partial charge in [0, 0.05) is 29.9 Å². The lowest BCUT2D eigenvalue weighted by atomic mass is 10.0. The molecule has 0 unspecified atom stereocenters. The second-order valence-corrected chi connectivity index (χ2v) is 9.98. The number of urea groups is 1. The summed E-state index contributed by atoms with van der Waals surface area (Å²) in [4.78, 5) is 26.3. The molecular weight excluding hydrogens is 521 g/mol. The van der Waals surface area contributed by atoms with Crippen LogP contribution in [0.5, 0.6) is 0 Å². The van der Waals surface area contributed by atoms with Gasteiger partial charge >= 0.3 is 12.2 Å². The van der Waals surface area contributed by atoms with Gasteiger partial charge in [0.25, 0.3) is 0 Å². The van der Waals surface area contributed by atoms with Gasteiger partial charge in [-0.25, -0.2) is 14.8 Å². The highest BCUT2D eigenvalue weighted by molar-refractivity contribution is 6.05. The molecule has 4 aromatic rings. The third-order valence-electron chi connectivity index (χ3n) is 7.29. The number of nitrogens with two attached hydrogens (primary N) is 1. The molecule has 2 amide bonds. The van der Waals surface area contributed by atoms with Gasteiger partial charge in [-0.2, -0.15) is 13.2 Å². The summed E-state index contributed by atoms with van der Waals surface area (Å²) in [6.45, 7) is 1.96. The van der Waals surface area contributed by atoms with Gasteiger partial charge in [0.15, 0.2) is 18.0 Å². The zero-order valence-corrected chi connectivity index (χ0v) is 21.5. The van der Waals surface area contributed by atoms with Crippen molar-refractivity contribution >= 4 is 23.2 Å². The van der Waals surface area contributed by atoms with Crippen molar-refractivity contribution in [3.8, 4) is 22.6 Å². The Morgan fingerprint density at radius 3 is 2.77 bits per heavy atom. The monoisotopic (exact) mass is 548 g/mol. The van der Waals surface area contributed by atoms with Gasteiger partial charge in [-0.1, -0.05) is 12.1 Å². The van der Waals surface area contributed by atoms with Crippen molar-refractivity contribution in [3.63, 3.8) is 0 Å². The van der Waals surface area contributed by atoms with E-state index in [0.29, 0.717) is 41.6 Å². The first kappa shape index (κ1) is 25.9. The average Bonchev–Trinajstić information content (AvgIpc) is 3.63. The fourth-order valence-electron chi connectivity index (χ4n) is 5.39. The first-order chi connectivity index (χ1) is 19.3. The number of fused-ring (bicyclic) bond motifs is 4. The predicted molar refractivity (Wildman–Crippen MR) is 146 cm³/mol. The van der Waals surface area contributed by atoms with Crippen molar-refractivity contribution in [1.29, 1.82) is 0 Å². The van der Waals surface area contributed by atoms with Gasteiger partial charge in [0.05, 0.1) is 29.2 Å². The van der Waals surface area contributed by atoms with Crippen molar-refractivity contribution in [3.05, 3.63) is 78.3 Å². The number of anilines is 3. The Balaban J connectivity index is 1.34. The third kappa shape index (κ3) is 5.00. The first-order valence-electron chi connectivity index (χ1n) is 13.1. The molecule has 2 aromatic heterocycles. The number of aryl methyl sites for hydroxylation is 1. The fraction of sp³-hybridized carbons (Fsp3) is 0.276. The summed E-state index contributed by atoms with van der Waals surface area (Å²) in [5.74, 6) is 1.00. The number of aromatic nitrogens is 2. The maximum absolute atomic E-state index is 13.8. The molecule has 3 N–H and O–H groups in total. The lowest BCUT2D eigenvalue weighted by Crippen LogP contribution is -2.48. The molecule has 1 saturated heterocycles. The van der Waals surface area contributed by atoms with Crippen LogP contribution in [-0.4, -0.2) is 41.7 Å². The Morgan fingerprint density at radius 1 is 1.12 bits per heavy atom. The largest absolute Gasteiger partial charge is 0.444 e. The number of rotatable bonds is 6. The Labute approximate surface area is 228 Å². The summed E-state index contributed by atoms with van der Waals surface area (Å²) < 4.78 is 45.5. The minimum Gasteiger partial charge on any atom is -0.444 e. The lowest BCUT2D eigenvalue weighted by molar-refractivity contribution is -0.137. The summed E-state index contributed by atoms with van der Waals surface area (Å²) >= 11 is 0. The number of nitrogens with zero attached hydrogens (tertiary/aromatic N) is 4. The van der Waals surface area contributed by atoms with Crippen molar-refractivity contribution in [1.82, 2.24) is 9.97 Å². The number of oxazole rings is 1. The van der Waals surface area contributed by atoms with Crippen LogP contribution in [0.3, 0.4) is 0 Å². The number of benzene rings is 2. The van der Waals surface area contributed by atoms with Gasteiger partial charge in [0.1, 0.15) is 0 Å². The first-order valence-corrected chi connectivity index (χ1v) is 13.1. The van der Waals surface area contributed by atoms with Crippen LogP contribution in [-0.2, 0) is 12.6 Å². The van der Waals surface area contributed by atoms with Crippen molar-refractivity contribution in [2.24, 2.45) is 5.73 Å². The van der Waals surface area contributed by atoms with Crippen molar-refractivity contribution in [2.45, 2.75) is 31.5 Å². The van der Waals surface area contributed by atoms with E-state index in [0.717, 1.165) is 54.8 Å². The number of amides is 2. The number of hydrogen-bond donors (Lipinski definition) is 2. The summed E-state index contributed by atoms with van der Waals surface area (Å²) in [6.07, 6.45) is 0.762. The molecule has 1 fully saturated rings. The van der Waals surface area contributed by atoms with E-state index in [-0.39, 0.29) is 12.1 Å². The second-order valence-electron chi connectivity index (χ2n) is 9.98. The van der Waals surface area contributed by atoms with E-state index in [4.69, 9.17) is 15.1 Å².